The van der Waals surface area contributed by atoms with Crippen molar-refractivity contribution in [2.75, 3.05) is 14.2 Å². The van der Waals surface area contributed by atoms with Crippen molar-refractivity contribution in [1.29, 1.82) is 0 Å². The van der Waals surface area contributed by atoms with E-state index in [1.54, 1.807) is 34.9 Å². The molecule has 0 amide bonds. The van der Waals surface area contributed by atoms with Crippen molar-refractivity contribution >= 4 is 32.9 Å². The number of benzene rings is 2. The molecule has 23 heavy (non-hydrogen) atoms. The second kappa shape index (κ2) is 6.83. The topological polar surface area (TPSA) is 18.5 Å². The number of rotatable bonds is 4. The quantitative estimate of drug-likeness (QED) is 0.408. The van der Waals surface area contributed by atoms with Crippen LogP contribution in [0.2, 0.25) is 0 Å². The largest absolute Gasteiger partial charge is 0.493 e. The van der Waals surface area contributed by atoms with E-state index in [2.05, 4.69) is 31.2 Å². The fourth-order valence-corrected chi connectivity index (χ4v) is 5.31. The fourth-order valence-electron chi connectivity index (χ4n) is 2.39. The molecule has 0 fully saturated rings. The third kappa shape index (κ3) is 3.17. The Balaban J connectivity index is 2.16. The number of aryl methyl sites for hydroxylation is 1. The summed E-state index contributed by atoms with van der Waals surface area (Å²) in [7, 11) is 6.64. The SMILES string of the molecule is COc1ccc(-c2c(-c3ccc(C)cc3)ssc2=S)cc1OC. The summed E-state index contributed by atoms with van der Waals surface area (Å²) >= 11 is 5.58. The minimum Gasteiger partial charge on any atom is -0.493 e. The molecule has 5 heteroatoms. The van der Waals surface area contributed by atoms with E-state index < -0.39 is 0 Å². The lowest BCUT2D eigenvalue weighted by atomic mass is 10.0. The van der Waals surface area contributed by atoms with Crippen molar-refractivity contribution in [2.45, 2.75) is 6.92 Å². The second-order valence-corrected chi connectivity index (χ2v) is 7.91. The van der Waals surface area contributed by atoms with Crippen LogP contribution in [0.15, 0.2) is 42.5 Å². The molecule has 0 atom stereocenters. The van der Waals surface area contributed by atoms with E-state index in [0.29, 0.717) is 5.75 Å². The van der Waals surface area contributed by atoms with Crippen molar-refractivity contribution in [2.24, 2.45) is 0 Å². The molecule has 0 aliphatic heterocycles. The van der Waals surface area contributed by atoms with Crippen molar-refractivity contribution < 1.29 is 9.47 Å². The van der Waals surface area contributed by atoms with Gasteiger partial charge in [0.2, 0.25) is 0 Å². The normalized spacial score (nSPS) is 10.6. The molecule has 0 aliphatic carbocycles. The predicted molar refractivity (Wildman–Crippen MR) is 102 cm³/mol. The van der Waals surface area contributed by atoms with Crippen LogP contribution >= 0.6 is 32.9 Å². The Morgan fingerprint density at radius 3 is 2.13 bits per heavy atom. The Bertz CT molecular complexity index is 876. The lowest BCUT2D eigenvalue weighted by Crippen LogP contribution is -1.91. The number of hydrogen-bond acceptors (Lipinski definition) is 5. The van der Waals surface area contributed by atoms with E-state index in [-0.39, 0.29) is 0 Å². The molecule has 1 aromatic heterocycles. The van der Waals surface area contributed by atoms with E-state index in [1.807, 2.05) is 18.2 Å². The summed E-state index contributed by atoms with van der Waals surface area (Å²) < 4.78 is 11.6. The Morgan fingerprint density at radius 1 is 0.826 bits per heavy atom. The highest BCUT2D eigenvalue weighted by atomic mass is 32.9. The van der Waals surface area contributed by atoms with Gasteiger partial charge in [-0.3, -0.25) is 0 Å². The molecule has 0 N–H and O–H groups in total. The Labute approximate surface area is 148 Å². The Kier molecular flexibility index (Phi) is 4.80. The van der Waals surface area contributed by atoms with Gasteiger partial charge >= 0.3 is 0 Å². The molecule has 2 nitrogen and oxygen atoms in total. The predicted octanol–water partition coefficient (Wildman–Crippen LogP) is 6.20. The second-order valence-electron chi connectivity index (χ2n) is 5.09. The smallest absolute Gasteiger partial charge is 0.161 e. The highest BCUT2D eigenvalue weighted by Gasteiger charge is 2.15. The van der Waals surface area contributed by atoms with Crippen molar-refractivity contribution in [1.82, 2.24) is 0 Å². The zero-order chi connectivity index (χ0) is 16.4. The van der Waals surface area contributed by atoms with Crippen LogP contribution in [0.25, 0.3) is 21.6 Å². The Hall–Kier alpha value is -1.69. The van der Waals surface area contributed by atoms with Gasteiger partial charge < -0.3 is 9.47 Å². The first-order valence-corrected chi connectivity index (χ1v) is 9.62. The van der Waals surface area contributed by atoms with E-state index in [1.165, 1.54) is 16.0 Å². The summed E-state index contributed by atoms with van der Waals surface area (Å²) in [5, 5.41) is 0. The minimum absolute atomic E-state index is 0.713. The van der Waals surface area contributed by atoms with Crippen LogP contribution < -0.4 is 9.47 Å². The van der Waals surface area contributed by atoms with Crippen LogP contribution in [-0.4, -0.2) is 14.2 Å². The zero-order valence-corrected chi connectivity index (χ0v) is 15.5. The molecule has 3 aromatic rings. The summed E-state index contributed by atoms with van der Waals surface area (Å²) in [6.45, 7) is 2.09. The molecule has 1 heterocycles. The lowest BCUT2D eigenvalue weighted by molar-refractivity contribution is 0.355. The highest BCUT2D eigenvalue weighted by molar-refractivity contribution is 7.80. The molecule has 118 valence electrons. The molecule has 0 saturated heterocycles. The van der Waals surface area contributed by atoms with Gasteiger partial charge in [-0.15, -0.1) is 0 Å². The van der Waals surface area contributed by atoms with Crippen molar-refractivity contribution in [3.05, 3.63) is 51.9 Å². The Morgan fingerprint density at radius 2 is 1.48 bits per heavy atom. The van der Waals surface area contributed by atoms with Crippen LogP contribution in [0.5, 0.6) is 11.5 Å². The van der Waals surface area contributed by atoms with Gasteiger partial charge in [-0.05, 0) is 30.2 Å². The van der Waals surface area contributed by atoms with Gasteiger partial charge in [0, 0.05) is 5.56 Å². The third-order valence-corrected chi connectivity index (χ3v) is 6.68. The summed E-state index contributed by atoms with van der Waals surface area (Å²) in [5.41, 5.74) is 4.60. The fraction of sp³-hybridized carbons (Fsp3) is 0.167. The van der Waals surface area contributed by atoms with Crippen LogP contribution in [0.3, 0.4) is 0 Å². The zero-order valence-electron chi connectivity index (χ0n) is 13.1. The van der Waals surface area contributed by atoms with Crippen molar-refractivity contribution in [3.8, 4) is 33.1 Å². The van der Waals surface area contributed by atoms with Gasteiger partial charge in [0.05, 0.1) is 19.1 Å². The van der Waals surface area contributed by atoms with E-state index in [0.717, 1.165) is 20.7 Å². The molecule has 0 aliphatic rings. The average Bonchev–Trinajstić information content (AvgIpc) is 2.96. The van der Waals surface area contributed by atoms with E-state index in [9.17, 15) is 0 Å². The van der Waals surface area contributed by atoms with Gasteiger partial charge in [0.25, 0.3) is 0 Å². The third-order valence-electron chi connectivity index (χ3n) is 3.62. The monoisotopic (exact) mass is 360 g/mol. The maximum atomic E-state index is 5.58. The van der Waals surface area contributed by atoms with Gasteiger partial charge in [-0.2, -0.15) is 0 Å². The van der Waals surface area contributed by atoms with Crippen LogP contribution in [0.1, 0.15) is 5.56 Å². The van der Waals surface area contributed by atoms with Gasteiger partial charge in [0.15, 0.2) is 11.5 Å². The van der Waals surface area contributed by atoms with Crippen molar-refractivity contribution in [3.63, 3.8) is 0 Å². The molecular formula is C18H16O2S3. The number of hydrogen-bond donors (Lipinski definition) is 0. The van der Waals surface area contributed by atoms with Crippen LogP contribution in [0, 0.1) is 10.7 Å². The minimum atomic E-state index is 0.713. The molecule has 0 unspecified atom stereocenters. The van der Waals surface area contributed by atoms with Crippen LogP contribution in [0.4, 0.5) is 0 Å². The summed E-state index contributed by atoms with van der Waals surface area (Å²) in [6, 6.07) is 14.5. The first-order chi connectivity index (χ1) is 11.1. The summed E-state index contributed by atoms with van der Waals surface area (Å²) in [6.07, 6.45) is 0. The molecular weight excluding hydrogens is 344 g/mol. The molecule has 2 aromatic carbocycles. The lowest BCUT2D eigenvalue weighted by Gasteiger charge is -2.10. The molecule has 0 bridgehead atoms. The average molecular weight is 361 g/mol. The molecule has 3 rings (SSSR count). The van der Waals surface area contributed by atoms with E-state index in [4.69, 9.17) is 21.7 Å². The first kappa shape index (κ1) is 16.2. The standard InChI is InChI=1S/C18H16O2S3/c1-11-4-6-12(7-5-11)17-16(18(21)23-22-17)13-8-9-14(19-2)15(10-13)20-3/h4-10H,1-3H3. The molecule has 0 radical (unpaired) electrons. The van der Waals surface area contributed by atoms with Gasteiger partial charge in [-0.1, -0.05) is 68.8 Å². The van der Waals surface area contributed by atoms with Gasteiger partial charge in [-0.25, -0.2) is 0 Å². The number of ether oxygens (including phenoxy) is 2. The maximum Gasteiger partial charge on any atom is 0.161 e. The van der Waals surface area contributed by atoms with Crippen LogP contribution in [-0.2, 0) is 0 Å². The summed E-state index contributed by atoms with van der Waals surface area (Å²) in [5.74, 6) is 1.43. The molecule has 0 spiro atoms. The van der Waals surface area contributed by atoms with Gasteiger partial charge in [0.1, 0.15) is 3.82 Å². The number of methoxy groups -OCH3 is 2. The molecule has 0 saturated carbocycles. The highest BCUT2D eigenvalue weighted by Crippen LogP contribution is 2.43. The van der Waals surface area contributed by atoms with E-state index >= 15 is 0 Å². The first-order valence-electron chi connectivity index (χ1n) is 7.06. The maximum absolute atomic E-state index is 5.58. The summed E-state index contributed by atoms with van der Waals surface area (Å²) in [4.78, 5) is 1.20.